The van der Waals surface area contributed by atoms with Gasteiger partial charge in [-0.05, 0) is 44.3 Å². The number of benzene rings is 1. The maximum absolute atomic E-state index is 12.2. The molecule has 4 nitrogen and oxygen atoms in total. The standard InChI is InChI=1S/C14H24N2O2S2/c1-5-19-10-11(2)16-20(17,18)14-8-6-13(7-9-14)12(3)15-4/h6-9,11-12,15-16H,5,10H2,1-4H3. The zero-order valence-electron chi connectivity index (χ0n) is 12.5. The third kappa shape index (κ3) is 5.09. The maximum atomic E-state index is 12.2. The van der Waals surface area contributed by atoms with Gasteiger partial charge >= 0.3 is 0 Å². The molecule has 2 N–H and O–H groups in total. The molecule has 1 aromatic carbocycles. The van der Waals surface area contributed by atoms with Crippen molar-refractivity contribution in [3.05, 3.63) is 29.8 Å². The third-order valence-corrected chi connectivity index (χ3v) is 5.80. The molecule has 1 aromatic rings. The van der Waals surface area contributed by atoms with E-state index in [2.05, 4.69) is 17.0 Å². The second kappa shape index (κ2) is 8.02. The van der Waals surface area contributed by atoms with E-state index in [0.717, 1.165) is 17.1 Å². The Morgan fingerprint density at radius 2 is 1.80 bits per heavy atom. The van der Waals surface area contributed by atoms with Crippen molar-refractivity contribution in [2.45, 2.75) is 37.8 Å². The topological polar surface area (TPSA) is 58.2 Å². The van der Waals surface area contributed by atoms with E-state index in [-0.39, 0.29) is 12.1 Å². The van der Waals surface area contributed by atoms with Crippen molar-refractivity contribution in [2.75, 3.05) is 18.6 Å². The van der Waals surface area contributed by atoms with Gasteiger partial charge in [-0.3, -0.25) is 0 Å². The van der Waals surface area contributed by atoms with Crippen molar-refractivity contribution in [1.82, 2.24) is 10.0 Å². The van der Waals surface area contributed by atoms with Crippen LogP contribution in [0.2, 0.25) is 0 Å². The van der Waals surface area contributed by atoms with Crippen LogP contribution in [0.5, 0.6) is 0 Å². The number of hydrogen-bond donors (Lipinski definition) is 2. The molecule has 0 bridgehead atoms. The SMILES string of the molecule is CCSCC(C)NS(=O)(=O)c1ccc(C(C)NC)cc1. The summed E-state index contributed by atoms with van der Waals surface area (Å²) in [6.07, 6.45) is 0. The highest BCUT2D eigenvalue weighted by Gasteiger charge is 2.17. The zero-order valence-corrected chi connectivity index (χ0v) is 14.1. The number of thioether (sulfide) groups is 1. The third-order valence-electron chi connectivity index (χ3n) is 3.05. The monoisotopic (exact) mass is 316 g/mol. The molecule has 0 radical (unpaired) electrons. The maximum Gasteiger partial charge on any atom is 0.240 e. The van der Waals surface area contributed by atoms with E-state index in [4.69, 9.17) is 0 Å². The second-order valence-corrected chi connectivity index (χ2v) is 7.79. The Labute approximate surface area is 126 Å². The first-order chi connectivity index (χ1) is 9.40. The Morgan fingerprint density at radius 1 is 1.20 bits per heavy atom. The van der Waals surface area contributed by atoms with Gasteiger partial charge in [-0.2, -0.15) is 11.8 Å². The van der Waals surface area contributed by atoms with Crippen LogP contribution in [-0.2, 0) is 10.0 Å². The number of nitrogens with one attached hydrogen (secondary N) is 2. The quantitative estimate of drug-likeness (QED) is 0.773. The number of rotatable bonds is 8. The molecule has 0 spiro atoms. The zero-order chi connectivity index (χ0) is 15.2. The molecule has 1 rings (SSSR count). The lowest BCUT2D eigenvalue weighted by Gasteiger charge is -2.15. The van der Waals surface area contributed by atoms with Crippen molar-refractivity contribution >= 4 is 21.8 Å². The van der Waals surface area contributed by atoms with Crippen molar-refractivity contribution < 1.29 is 8.42 Å². The molecule has 0 amide bonds. The summed E-state index contributed by atoms with van der Waals surface area (Å²) in [7, 11) is -1.54. The highest BCUT2D eigenvalue weighted by Crippen LogP contribution is 2.16. The highest BCUT2D eigenvalue weighted by atomic mass is 32.2. The van der Waals surface area contributed by atoms with Crippen LogP contribution in [0, 0.1) is 0 Å². The van der Waals surface area contributed by atoms with Crippen LogP contribution in [0.3, 0.4) is 0 Å². The van der Waals surface area contributed by atoms with E-state index in [9.17, 15) is 8.42 Å². The predicted molar refractivity (Wildman–Crippen MR) is 86.7 cm³/mol. The van der Waals surface area contributed by atoms with Crippen LogP contribution in [-0.4, -0.2) is 33.0 Å². The lowest BCUT2D eigenvalue weighted by molar-refractivity contribution is 0.571. The molecule has 2 atom stereocenters. The number of hydrogen-bond acceptors (Lipinski definition) is 4. The normalized spacial score (nSPS) is 15.0. The van der Waals surface area contributed by atoms with Gasteiger partial charge < -0.3 is 5.32 Å². The summed E-state index contributed by atoms with van der Waals surface area (Å²) in [5.41, 5.74) is 1.07. The van der Waals surface area contributed by atoms with Gasteiger partial charge in [0, 0.05) is 17.8 Å². The van der Waals surface area contributed by atoms with Gasteiger partial charge in [0.1, 0.15) is 0 Å². The summed E-state index contributed by atoms with van der Waals surface area (Å²) in [6, 6.07) is 7.15. The van der Waals surface area contributed by atoms with Crippen molar-refractivity contribution in [3.63, 3.8) is 0 Å². The van der Waals surface area contributed by atoms with Crippen molar-refractivity contribution in [3.8, 4) is 0 Å². The van der Waals surface area contributed by atoms with Gasteiger partial charge in [-0.1, -0.05) is 19.1 Å². The van der Waals surface area contributed by atoms with Crippen LogP contribution < -0.4 is 10.0 Å². The Balaban J connectivity index is 2.77. The minimum absolute atomic E-state index is 0.0686. The first-order valence-electron chi connectivity index (χ1n) is 6.78. The Bertz CT molecular complexity index is 500. The van der Waals surface area contributed by atoms with E-state index < -0.39 is 10.0 Å². The van der Waals surface area contributed by atoms with Crippen LogP contribution in [0.1, 0.15) is 32.4 Å². The average molecular weight is 316 g/mol. The van der Waals surface area contributed by atoms with E-state index in [1.165, 1.54) is 0 Å². The fourth-order valence-electron chi connectivity index (χ4n) is 1.76. The van der Waals surface area contributed by atoms with E-state index in [1.807, 2.05) is 33.0 Å². The van der Waals surface area contributed by atoms with Crippen LogP contribution in [0.15, 0.2) is 29.2 Å². The van der Waals surface area contributed by atoms with E-state index in [1.54, 1.807) is 23.9 Å². The molecular weight excluding hydrogens is 292 g/mol. The second-order valence-electron chi connectivity index (χ2n) is 4.76. The minimum atomic E-state index is -3.42. The summed E-state index contributed by atoms with van der Waals surface area (Å²) in [6.45, 7) is 5.98. The molecule has 20 heavy (non-hydrogen) atoms. The van der Waals surface area contributed by atoms with Gasteiger partial charge in [0.15, 0.2) is 0 Å². The van der Waals surface area contributed by atoms with Gasteiger partial charge in [0.2, 0.25) is 10.0 Å². The molecular formula is C14H24N2O2S2. The summed E-state index contributed by atoms with van der Waals surface area (Å²) in [5.74, 6) is 1.77. The molecule has 6 heteroatoms. The fourth-order valence-corrected chi connectivity index (χ4v) is 3.79. The van der Waals surface area contributed by atoms with Crippen LogP contribution in [0.4, 0.5) is 0 Å². The lowest BCUT2D eigenvalue weighted by atomic mass is 10.1. The molecule has 0 fully saturated rings. The first-order valence-corrected chi connectivity index (χ1v) is 9.41. The van der Waals surface area contributed by atoms with Gasteiger partial charge in [0.05, 0.1) is 4.90 Å². The Morgan fingerprint density at radius 3 is 2.30 bits per heavy atom. The smallest absolute Gasteiger partial charge is 0.240 e. The van der Waals surface area contributed by atoms with E-state index >= 15 is 0 Å². The van der Waals surface area contributed by atoms with Crippen molar-refractivity contribution in [2.24, 2.45) is 0 Å². The predicted octanol–water partition coefficient (Wildman–Crippen LogP) is 2.39. The molecule has 0 heterocycles. The number of sulfonamides is 1. The molecule has 114 valence electrons. The minimum Gasteiger partial charge on any atom is -0.313 e. The summed E-state index contributed by atoms with van der Waals surface area (Å²) < 4.78 is 27.1. The molecule has 0 aromatic heterocycles. The lowest BCUT2D eigenvalue weighted by Crippen LogP contribution is -2.34. The summed E-state index contributed by atoms with van der Waals surface area (Å²) in [5, 5.41) is 3.13. The van der Waals surface area contributed by atoms with Gasteiger partial charge in [-0.25, -0.2) is 13.1 Å². The van der Waals surface area contributed by atoms with Gasteiger partial charge in [0.25, 0.3) is 0 Å². The summed E-state index contributed by atoms with van der Waals surface area (Å²) in [4.78, 5) is 0.318. The Hall–Kier alpha value is -0.560. The fraction of sp³-hybridized carbons (Fsp3) is 0.571. The summed E-state index contributed by atoms with van der Waals surface area (Å²) >= 11 is 1.73. The molecule has 2 unspecified atom stereocenters. The largest absolute Gasteiger partial charge is 0.313 e. The van der Waals surface area contributed by atoms with Crippen molar-refractivity contribution in [1.29, 1.82) is 0 Å². The molecule has 0 aliphatic carbocycles. The molecule has 0 aliphatic heterocycles. The first kappa shape index (κ1) is 17.5. The van der Waals surface area contributed by atoms with E-state index in [0.29, 0.717) is 4.90 Å². The highest BCUT2D eigenvalue weighted by molar-refractivity contribution is 7.99. The molecule has 0 saturated heterocycles. The molecule has 0 aliphatic rings. The van der Waals surface area contributed by atoms with Gasteiger partial charge in [-0.15, -0.1) is 0 Å². The van der Waals surface area contributed by atoms with Crippen LogP contribution in [0.25, 0.3) is 0 Å². The van der Waals surface area contributed by atoms with Crippen LogP contribution >= 0.6 is 11.8 Å². The average Bonchev–Trinajstić information content (AvgIpc) is 2.44. The Kier molecular flexibility index (Phi) is 7.02. The molecule has 0 saturated carbocycles.